The van der Waals surface area contributed by atoms with Crippen molar-refractivity contribution < 1.29 is 0 Å². The van der Waals surface area contributed by atoms with Crippen LogP contribution in [-0.4, -0.2) is 19.8 Å². The third-order valence-corrected chi connectivity index (χ3v) is 0.289. The van der Waals surface area contributed by atoms with E-state index in [4.69, 9.17) is 7.12 Å². The molecular formula is CH2B2S. The molecule has 0 saturated heterocycles. The van der Waals surface area contributed by atoms with E-state index in [1.807, 2.05) is 0 Å². The second-order valence-electron chi connectivity index (χ2n) is 0.303. The van der Waals surface area contributed by atoms with Crippen LogP contribution in [0.2, 0.25) is 0 Å². The Morgan fingerprint density at radius 3 is 2.25 bits per heavy atom. The van der Waals surface area contributed by atoms with Crippen molar-refractivity contribution in [1.82, 2.24) is 0 Å². The van der Waals surface area contributed by atoms with Gasteiger partial charge in [-0.25, -0.2) is 0 Å². The summed E-state index contributed by atoms with van der Waals surface area (Å²) in [5.41, 5.74) is 0. The molecule has 3 heteroatoms. The quantitative estimate of drug-likeness (QED) is 0.385. The monoisotopic (exact) mass is 68.0 g/mol. The van der Waals surface area contributed by atoms with E-state index < -0.39 is 0 Å². The second kappa shape index (κ2) is 3.35. The van der Waals surface area contributed by atoms with Crippen LogP contribution in [0.1, 0.15) is 0 Å². The van der Waals surface area contributed by atoms with Gasteiger partial charge in [0.1, 0.15) is 0 Å². The maximum absolute atomic E-state index is 4.83. The van der Waals surface area contributed by atoms with Gasteiger partial charge in [0, 0.05) is 0 Å². The Balaban J connectivity index is 2.30. The molecule has 0 fully saturated rings. The topological polar surface area (TPSA) is 0 Å². The average Bonchev–Trinajstić information content (AvgIpc) is 1.37. The van der Waals surface area contributed by atoms with Gasteiger partial charge in [-0.15, -0.1) is 0 Å². The molecule has 0 aromatic carbocycles. The average molecular weight is 67.7 g/mol. The van der Waals surface area contributed by atoms with E-state index in [2.05, 4.69) is 6.47 Å². The van der Waals surface area contributed by atoms with Crippen LogP contribution < -0.4 is 0 Å². The molecule has 0 amide bonds. The summed E-state index contributed by atoms with van der Waals surface area (Å²) in [6.45, 7) is 3.32. The van der Waals surface area contributed by atoms with Crippen molar-refractivity contribution >= 4 is 31.3 Å². The minimum atomic E-state index is 1.12. The molecule has 0 unspecified atom stereocenters. The molecule has 0 saturated carbocycles. The van der Waals surface area contributed by atoms with Gasteiger partial charge in [-0.3, -0.25) is 0 Å². The van der Waals surface area contributed by atoms with Gasteiger partial charge in [0.25, 0.3) is 0 Å². The molecule has 0 aromatic rings. The molecule has 4 heavy (non-hydrogen) atoms. The number of hydrogen-bond donors (Lipinski definition) is 0. The van der Waals surface area contributed by atoms with Gasteiger partial charge in [0.05, 0.1) is 0 Å². The van der Waals surface area contributed by atoms with Crippen LogP contribution in [0.15, 0.2) is 0 Å². The summed E-state index contributed by atoms with van der Waals surface area (Å²) >= 11 is 1.12. The number of hydrogen-bond acceptors (Lipinski definition) is 1. The third-order valence-electron chi connectivity index (χ3n) is 0.0962. The van der Waals surface area contributed by atoms with Crippen molar-refractivity contribution in [1.29, 1.82) is 0 Å². The normalized spacial score (nSPS) is 5.00. The summed E-state index contributed by atoms with van der Waals surface area (Å²) in [5, 5.41) is 0. The van der Waals surface area contributed by atoms with Gasteiger partial charge >= 0.3 is 31.3 Å². The first-order valence-electron chi connectivity index (χ1n) is 0.880. The fourth-order valence-corrected chi connectivity index (χ4v) is 0. The Bertz CT molecular complexity index is 20.0. The van der Waals surface area contributed by atoms with Crippen molar-refractivity contribution in [2.45, 2.75) is 0 Å². The SMILES string of the molecule is [B]SB=C. The Kier molecular flexibility index (Phi) is 3.64. The Morgan fingerprint density at radius 1 is 2.00 bits per heavy atom. The summed E-state index contributed by atoms with van der Waals surface area (Å²) in [6, 6.07) is 0. The molecule has 0 rings (SSSR count). The van der Waals surface area contributed by atoms with Crippen molar-refractivity contribution in [3.63, 3.8) is 0 Å². The van der Waals surface area contributed by atoms with Gasteiger partial charge in [0.15, 0.2) is 0 Å². The van der Waals surface area contributed by atoms with Crippen LogP contribution in [0.3, 0.4) is 0 Å². The van der Waals surface area contributed by atoms with Crippen LogP contribution in [0, 0.1) is 0 Å². The Hall–Kier alpha value is 0.350. The van der Waals surface area contributed by atoms with Crippen molar-refractivity contribution in [2.24, 2.45) is 0 Å². The molecule has 0 nitrogen and oxygen atoms in total. The molecule has 0 heterocycles. The molecule has 2 radical (unpaired) electrons. The standard InChI is InChI=1S/CH2B2S/c1-3-4-2/h1H2. The first-order valence-corrected chi connectivity index (χ1v) is 1.82. The fourth-order valence-electron chi connectivity index (χ4n) is 0. The minimum absolute atomic E-state index is 1.12. The van der Waals surface area contributed by atoms with Gasteiger partial charge < -0.3 is 0 Å². The Labute approximate surface area is 32.1 Å². The van der Waals surface area contributed by atoms with E-state index in [9.17, 15) is 0 Å². The second-order valence-corrected chi connectivity index (χ2v) is 0.908. The van der Waals surface area contributed by atoms with Crippen LogP contribution in [0.25, 0.3) is 0 Å². The van der Waals surface area contributed by atoms with E-state index >= 15 is 0 Å². The number of rotatable bonds is 1. The Morgan fingerprint density at radius 2 is 2.25 bits per heavy atom. The van der Waals surface area contributed by atoms with E-state index in [1.54, 1.807) is 6.20 Å². The molecule has 0 N–H and O–H groups in total. The van der Waals surface area contributed by atoms with E-state index in [0.717, 1.165) is 11.5 Å². The first kappa shape index (κ1) is 4.35. The summed E-state index contributed by atoms with van der Waals surface area (Å²) in [5.74, 6) is 0. The molecule has 0 aliphatic carbocycles. The molecule has 0 bridgehead atoms. The predicted molar refractivity (Wildman–Crippen MR) is 26.2 cm³/mol. The maximum atomic E-state index is 4.83. The van der Waals surface area contributed by atoms with Gasteiger partial charge in [-0.05, 0) is 0 Å². The zero-order valence-corrected chi connectivity index (χ0v) is 3.09. The zero-order valence-electron chi connectivity index (χ0n) is 2.27. The van der Waals surface area contributed by atoms with E-state index in [1.165, 1.54) is 0 Å². The molecular weight excluding hydrogens is 65.7 g/mol. The van der Waals surface area contributed by atoms with E-state index in [-0.39, 0.29) is 0 Å². The molecule has 0 aliphatic rings. The molecule has 0 spiro atoms. The van der Waals surface area contributed by atoms with Crippen LogP contribution >= 0.6 is 11.5 Å². The van der Waals surface area contributed by atoms with Crippen molar-refractivity contribution in [2.75, 3.05) is 0 Å². The van der Waals surface area contributed by atoms with E-state index in [0.29, 0.717) is 0 Å². The van der Waals surface area contributed by atoms with Crippen LogP contribution in [0.5, 0.6) is 0 Å². The van der Waals surface area contributed by atoms with Gasteiger partial charge in [-0.1, -0.05) is 0 Å². The summed E-state index contributed by atoms with van der Waals surface area (Å²) in [6.07, 6.45) is 1.57. The molecule has 0 atom stereocenters. The van der Waals surface area contributed by atoms with Crippen LogP contribution in [-0.2, 0) is 0 Å². The fraction of sp³-hybridized carbons (Fsp3) is 0. The predicted octanol–water partition coefficient (Wildman–Crippen LogP) is -0.146. The van der Waals surface area contributed by atoms with Gasteiger partial charge in [0.2, 0.25) is 0 Å². The van der Waals surface area contributed by atoms with Crippen molar-refractivity contribution in [3.8, 4) is 0 Å². The molecule has 0 aromatic heterocycles. The first-order chi connectivity index (χ1) is 1.91. The van der Waals surface area contributed by atoms with Gasteiger partial charge in [-0.2, -0.15) is 0 Å². The molecule has 0 aliphatic heterocycles. The summed E-state index contributed by atoms with van der Waals surface area (Å²) < 4.78 is 0. The third kappa shape index (κ3) is 2.35. The summed E-state index contributed by atoms with van der Waals surface area (Å²) in [7, 11) is 4.83. The van der Waals surface area contributed by atoms with Crippen LogP contribution in [0.4, 0.5) is 0 Å². The van der Waals surface area contributed by atoms with Crippen molar-refractivity contribution in [3.05, 3.63) is 0 Å². The zero-order chi connectivity index (χ0) is 3.41. The molecule has 18 valence electrons. The summed E-state index contributed by atoms with van der Waals surface area (Å²) in [4.78, 5) is 0.